The molecule has 102 valence electrons. The zero-order valence-corrected chi connectivity index (χ0v) is 12.5. The number of halogens is 1. The van der Waals surface area contributed by atoms with Gasteiger partial charge >= 0.3 is 0 Å². The molecule has 1 saturated heterocycles. The Morgan fingerprint density at radius 3 is 2.74 bits per heavy atom. The maximum atomic E-state index is 11.2. The highest BCUT2D eigenvalue weighted by atomic mass is 35.5. The fraction of sp³-hybridized carbons (Fsp3) is 0.500. The Morgan fingerprint density at radius 1 is 1.58 bits per heavy atom. The Bertz CT molecular complexity index is 514. The lowest BCUT2D eigenvalue weighted by atomic mass is 9.96. The van der Waals surface area contributed by atoms with Gasteiger partial charge in [0.25, 0.3) is 0 Å². The predicted molar refractivity (Wildman–Crippen MR) is 80.8 cm³/mol. The predicted octanol–water partition coefficient (Wildman–Crippen LogP) is 1.00. The summed E-state index contributed by atoms with van der Waals surface area (Å²) < 4.78 is 0. The van der Waals surface area contributed by atoms with E-state index >= 15 is 0 Å². The highest BCUT2D eigenvalue weighted by Gasteiger charge is 2.27. The molecule has 2 heterocycles. The van der Waals surface area contributed by atoms with Gasteiger partial charge in [0.1, 0.15) is 14.2 Å². The summed E-state index contributed by atoms with van der Waals surface area (Å²) in [5, 5.41) is 1.28. The number of anilines is 1. The maximum Gasteiger partial charge on any atom is 0.224 e. The third-order valence-corrected chi connectivity index (χ3v) is 4.65. The van der Waals surface area contributed by atoms with Gasteiger partial charge in [0.15, 0.2) is 5.82 Å². The molecule has 1 aromatic rings. The highest BCUT2D eigenvalue weighted by molar-refractivity contribution is 7.63. The summed E-state index contributed by atoms with van der Waals surface area (Å²) in [7, 11) is -0.544. The molecule has 7 heteroatoms. The van der Waals surface area contributed by atoms with Gasteiger partial charge < -0.3 is 10.6 Å². The Morgan fingerprint density at radius 2 is 2.21 bits per heavy atom. The number of amides is 1. The molecule has 1 atom stereocenters. The average molecular weight is 300 g/mol. The van der Waals surface area contributed by atoms with E-state index in [9.17, 15) is 4.79 Å². The molecule has 1 fully saturated rings. The number of carbonyl (C=O) groups is 1. The van der Waals surface area contributed by atoms with E-state index in [0.717, 1.165) is 37.1 Å². The lowest BCUT2D eigenvalue weighted by molar-refractivity contribution is -0.122. The minimum Gasteiger partial charge on any atom is -0.369 e. The summed E-state index contributed by atoms with van der Waals surface area (Å²) in [5.74, 6) is 0.613. The highest BCUT2D eigenvalue weighted by Crippen LogP contribution is 2.26. The van der Waals surface area contributed by atoms with Gasteiger partial charge in [-0.15, -0.1) is 0 Å². The summed E-state index contributed by atoms with van der Waals surface area (Å²) in [6, 6.07) is 0. The summed E-state index contributed by atoms with van der Waals surface area (Å²) in [5.41, 5.74) is 5.34. The molecule has 19 heavy (non-hydrogen) atoms. The first-order chi connectivity index (χ1) is 8.99. The van der Waals surface area contributed by atoms with Crippen molar-refractivity contribution in [1.29, 1.82) is 0 Å². The van der Waals surface area contributed by atoms with E-state index in [1.807, 2.05) is 0 Å². The molecule has 0 saturated carbocycles. The largest absolute Gasteiger partial charge is 0.369 e. The van der Waals surface area contributed by atoms with Crippen LogP contribution in [0.15, 0.2) is 6.20 Å². The molecule has 1 aromatic heterocycles. The molecule has 1 amide bonds. The second kappa shape index (κ2) is 5.85. The van der Waals surface area contributed by atoms with Crippen molar-refractivity contribution in [3.63, 3.8) is 0 Å². The second-order valence-corrected chi connectivity index (χ2v) is 6.93. The van der Waals surface area contributed by atoms with Crippen LogP contribution in [0.5, 0.6) is 0 Å². The summed E-state index contributed by atoms with van der Waals surface area (Å²) in [6.07, 6.45) is 7.35. The zero-order valence-electron chi connectivity index (χ0n) is 10.8. The van der Waals surface area contributed by atoms with E-state index in [4.69, 9.17) is 17.3 Å². The maximum absolute atomic E-state index is 11.2. The van der Waals surface area contributed by atoms with Crippen LogP contribution in [0.3, 0.4) is 0 Å². The van der Waals surface area contributed by atoms with Crippen LogP contribution in [0.1, 0.15) is 12.8 Å². The van der Waals surface area contributed by atoms with Crippen molar-refractivity contribution in [2.45, 2.75) is 12.8 Å². The minimum absolute atomic E-state index is 0.0279. The lowest BCUT2D eigenvalue weighted by Crippen LogP contribution is -2.40. The standard InChI is InChI=1S/C12H16ClN4OP/c1-19(2)9-7-15-12(13)16-11(9)17-5-3-8(4-6-17)10(14)18/h7-8H,1,3-6H2,2H3,(H-,14,18)/p+1. The molecular formula is C12H17ClN4OP+. The summed E-state index contributed by atoms with van der Waals surface area (Å²) >= 11 is 5.88. The number of nitrogens with zero attached hydrogens (tertiary/aromatic N) is 3. The van der Waals surface area contributed by atoms with Gasteiger partial charge in [0.05, 0.1) is 12.5 Å². The SMILES string of the molecule is C=[P+](C)c1cnc(Cl)nc1N1CCC(C(N)=O)CC1. The van der Waals surface area contributed by atoms with Crippen LogP contribution in [0, 0.1) is 5.92 Å². The van der Waals surface area contributed by atoms with Gasteiger partial charge in [0.2, 0.25) is 16.5 Å². The van der Waals surface area contributed by atoms with Gasteiger partial charge in [-0.05, 0) is 24.4 Å². The molecule has 1 aliphatic rings. The molecule has 2 rings (SSSR count). The summed E-state index contributed by atoms with van der Waals surface area (Å²) in [6.45, 7) is 3.58. The topological polar surface area (TPSA) is 72.1 Å². The Hall–Kier alpha value is -1.19. The fourth-order valence-electron chi connectivity index (χ4n) is 2.22. The normalized spacial score (nSPS) is 17.4. The van der Waals surface area contributed by atoms with Gasteiger partial charge in [-0.3, -0.25) is 4.79 Å². The van der Waals surface area contributed by atoms with Gasteiger partial charge in [-0.1, -0.05) is 0 Å². The molecule has 2 N–H and O–H groups in total. The van der Waals surface area contributed by atoms with Gasteiger partial charge in [0, 0.05) is 19.0 Å². The molecule has 5 nitrogen and oxygen atoms in total. The van der Waals surface area contributed by atoms with Crippen molar-refractivity contribution < 1.29 is 4.79 Å². The smallest absolute Gasteiger partial charge is 0.224 e. The van der Waals surface area contributed by atoms with E-state index in [1.165, 1.54) is 0 Å². The van der Waals surface area contributed by atoms with Crippen LogP contribution in [0.2, 0.25) is 5.28 Å². The van der Waals surface area contributed by atoms with Crippen LogP contribution in [0.4, 0.5) is 5.82 Å². The van der Waals surface area contributed by atoms with Crippen molar-refractivity contribution in [2.75, 3.05) is 24.7 Å². The first-order valence-electron chi connectivity index (χ1n) is 6.10. The van der Waals surface area contributed by atoms with Crippen molar-refractivity contribution in [2.24, 2.45) is 11.7 Å². The first-order valence-corrected chi connectivity index (χ1v) is 8.45. The van der Waals surface area contributed by atoms with Crippen molar-refractivity contribution in [1.82, 2.24) is 9.97 Å². The van der Waals surface area contributed by atoms with Gasteiger partial charge in [-0.25, -0.2) is 4.98 Å². The lowest BCUT2D eigenvalue weighted by Gasteiger charge is -2.31. The van der Waals surface area contributed by atoms with E-state index in [0.29, 0.717) is 0 Å². The Labute approximate surface area is 118 Å². The fourth-order valence-corrected chi connectivity index (χ4v) is 3.14. The quantitative estimate of drug-likeness (QED) is 0.667. The number of aromatic nitrogens is 2. The third-order valence-electron chi connectivity index (χ3n) is 3.33. The van der Waals surface area contributed by atoms with E-state index < -0.39 is 7.55 Å². The Balaban J connectivity index is 2.21. The average Bonchev–Trinajstić information content (AvgIpc) is 2.38. The first kappa shape index (κ1) is 14.2. The van der Waals surface area contributed by atoms with Crippen LogP contribution in [0.25, 0.3) is 0 Å². The van der Waals surface area contributed by atoms with Gasteiger partial charge in [-0.2, -0.15) is 4.98 Å². The number of rotatable bonds is 3. The zero-order chi connectivity index (χ0) is 14.0. The summed E-state index contributed by atoms with van der Waals surface area (Å²) in [4.78, 5) is 21.7. The van der Waals surface area contributed by atoms with Crippen LogP contribution in [-0.4, -0.2) is 41.9 Å². The van der Waals surface area contributed by atoms with Crippen molar-refractivity contribution in [3.8, 4) is 0 Å². The molecule has 0 spiro atoms. The number of carbonyl (C=O) groups excluding carboxylic acids is 1. The number of hydrogen-bond acceptors (Lipinski definition) is 4. The van der Waals surface area contributed by atoms with Crippen molar-refractivity contribution >= 4 is 42.5 Å². The third kappa shape index (κ3) is 3.23. The van der Waals surface area contributed by atoms with Crippen LogP contribution in [-0.2, 0) is 4.79 Å². The molecular weight excluding hydrogens is 283 g/mol. The molecule has 1 unspecified atom stereocenters. The number of primary amides is 1. The minimum atomic E-state index is -0.544. The molecule has 0 aromatic carbocycles. The van der Waals surface area contributed by atoms with E-state index in [-0.39, 0.29) is 17.1 Å². The molecule has 0 radical (unpaired) electrons. The van der Waals surface area contributed by atoms with Crippen molar-refractivity contribution in [3.05, 3.63) is 11.5 Å². The molecule has 0 aliphatic carbocycles. The number of hydrogen-bond donors (Lipinski definition) is 1. The monoisotopic (exact) mass is 299 g/mol. The van der Waals surface area contributed by atoms with Crippen LogP contribution < -0.4 is 15.9 Å². The second-order valence-electron chi connectivity index (χ2n) is 4.71. The van der Waals surface area contributed by atoms with Crippen LogP contribution >= 0.6 is 19.1 Å². The van der Waals surface area contributed by atoms with E-state index in [2.05, 4.69) is 27.8 Å². The number of piperidine rings is 1. The van der Waals surface area contributed by atoms with E-state index in [1.54, 1.807) is 6.20 Å². The molecule has 1 aliphatic heterocycles. The molecule has 0 bridgehead atoms. The Kier molecular flexibility index (Phi) is 4.38. The number of nitrogens with two attached hydrogens (primary N) is 1.